The lowest BCUT2D eigenvalue weighted by Crippen LogP contribution is -1.91. The van der Waals surface area contributed by atoms with E-state index in [-0.39, 0.29) is 0 Å². The van der Waals surface area contributed by atoms with Crippen LogP contribution in [0.5, 0.6) is 5.88 Å². The summed E-state index contributed by atoms with van der Waals surface area (Å²) in [7, 11) is 1.60. The van der Waals surface area contributed by atoms with Gasteiger partial charge in [-0.3, -0.25) is 0 Å². The maximum Gasteiger partial charge on any atom is 0.222 e. The summed E-state index contributed by atoms with van der Waals surface area (Å²) < 4.78 is 6.94. The molecule has 0 saturated heterocycles. The summed E-state index contributed by atoms with van der Waals surface area (Å²) in [6, 6.07) is 7.52. The number of ether oxygens (including phenoxy) is 1. The minimum Gasteiger partial charge on any atom is -0.481 e. The van der Waals surface area contributed by atoms with E-state index in [9.17, 15) is 0 Å². The summed E-state index contributed by atoms with van der Waals surface area (Å²) in [5.41, 5.74) is 2.46. The average molecular weight is 226 g/mol. The third-order valence-electron chi connectivity index (χ3n) is 2.48. The lowest BCUT2D eigenvalue weighted by Gasteiger charge is -2.02. The first kappa shape index (κ1) is 9.77. The molecule has 3 aromatic heterocycles. The predicted molar refractivity (Wildman–Crippen MR) is 62.8 cm³/mol. The van der Waals surface area contributed by atoms with E-state index in [1.54, 1.807) is 24.0 Å². The second-order valence-corrected chi connectivity index (χ2v) is 3.51. The van der Waals surface area contributed by atoms with E-state index in [4.69, 9.17) is 4.74 Å². The number of hydrogen-bond donors (Lipinski definition) is 0. The van der Waals surface area contributed by atoms with Gasteiger partial charge in [-0.15, -0.1) is 0 Å². The molecular formula is C12H10N4O. The second-order valence-electron chi connectivity index (χ2n) is 3.51. The van der Waals surface area contributed by atoms with Crippen molar-refractivity contribution in [3.05, 3.63) is 42.9 Å². The summed E-state index contributed by atoms with van der Waals surface area (Å²) in [6.45, 7) is 0. The fraction of sp³-hybridized carbons (Fsp3) is 0.0833. The highest BCUT2D eigenvalue weighted by Gasteiger charge is 2.10. The quantitative estimate of drug-likeness (QED) is 0.668. The van der Waals surface area contributed by atoms with Crippen molar-refractivity contribution in [2.75, 3.05) is 7.11 Å². The van der Waals surface area contributed by atoms with Crippen molar-refractivity contribution >= 4 is 5.65 Å². The molecule has 5 heteroatoms. The maximum absolute atomic E-state index is 5.21. The van der Waals surface area contributed by atoms with Gasteiger partial charge in [-0.1, -0.05) is 0 Å². The molecule has 0 aliphatic rings. The smallest absolute Gasteiger partial charge is 0.222 e. The third kappa shape index (κ3) is 1.61. The lowest BCUT2D eigenvalue weighted by atomic mass is 10.2. The molecule has 0 aliphatic carbocycles. The first-order chi connectivity index (χ1) is 8.38. The Morgan fingerprint density at radius 1 is 1.18 bits per heavy atom. The summed E-state index contributed by atoms with van der Waals surface area (Å²) in [4.78, 5) is 8.37. The van der Waals surface area contributed by atoms with Crippen molar-refractivity contribution in [2.45, 2.75) is 0 Å². The Balaban J connectivity index is 2.20. The normalized spacial score (nSPS) is 10.6. The van der Waals surface area contributed by atoms with Crippen LogP contribution in [0, 0.1) is 0 Å². The van der Waals surface area contributed by atoms with Gasteiger partial charge in [0, 0.05) is 24.7 Å². The van der Waals surface area contributed by atoms with Crippen LogP contribution in [-0.2, 0) is 0 Å². The molecular weight excluding hydrogens is 216 g/mol. The predicted octanol–water partition coefficient (Wildman–Crippen LogP) is 1.80. The van der Waals surface area contributed by atoms with Gasteiger partial charge in [0.05, 0.1) is 12.7 Å². The molecule has 0 aromatic carbocycles. The van der Waals surface area contributed by atoms with E-state index in [0.29, 0.717) is 5.88 Å². The molecule has 5 nitrogen and oxygen atoms in total. The molecule has 0 radical (unpaired) electrons. The molecule has 0 aliphatic heterocycles. The molecule has 17 heavy (non-hydrogen) atoms. The van der Waals surface area contributed by atoms with Crippen molar-refractivity contribution in [3.8, 4) is 17.1 Å². The zero-order valence-corrected chi connectivity index (χ0v) is 9.24. The van der Waals surface area contributed by atoms with Gasteiger partial charge in [0.1, 0.15) is 5.69 Å². The van der Waals surface area contributed by atoms with Crippen LogP contribution in [0.2, 0.25) is 0 Å². The SMILES string of the molecule is COc1ncccc1-c1cc2ncccn2n1. The fourth-order valence-electron chi connectivity index (χ4n) is 1.71. The summed E-state index contributed by atoms with van der Waals surface area (Å²) in [5, 5.41) is 4.43. The Labute approximate surface area is 97.7 Å². The summed E-state index contributed by atoms with van der Waals surface area (Å²) in [5.74, 6) is 0.566. The Bertz CT molecular complexity index is 629. The number of nitrogens with zero attached hydrogens (tertiary/aromatic N) is 4. The van der Waals surface area contributed by atoms with Crippen molar-refractivity contribution < 1.29 is 4.74 Å². The molecule has 3 aromatic rings. The van der Waals surface area contributed by atoms with Gasteiger partial charge in [0.25, 0.3) is 0 Å². The molecule has 0 amide bonds. The first-order valence-electron chi connectivity index (χ1n) is 5.18. The van der Waals surface area contributed by atoms with E-state index >= 15 is 0 Å². The Hall–Kier alpha value is -2.43. The largest absolute Gasteiger partial charge is 0.481 e. The molecule has 3 heterocycles. The lowest BCUT2D eigenvalue weighted by molar-refractivity contribution is 0.399. The minimum atomic E-state index is 0.566. The highest BCUT2D eigenvalue weighted by molar-refractivity contribution is 5.68. The van der Waals surface area contributed by atoms with E-state index in [1.807, 2.05) is 30.5 Å². The van der Waals surface area contributed by atoms with Crippen LogP contribution < -0.4 is 4.74 Å². The molecule has 0 unspecified atom stereocenters. The van der Waals surface area contributed by atoms with E-state index in [1.165, 1.54) is 0 Å². The highest BCUT2D eigenvalue weighted by atomic mass is 16.5. The number of pyridine rings is 1. The molecule has 0 bridgehead atoms. The third-order valence-corrected chi connectivity index (χ3v) is 2.48. The minimum absolute atomic E-state index is 0.566. The van der Waals surface area contributed by atoms with Gasteiger partial charge < -0.3 is 4.74 Å². The highest BCUT2D eigenvalue weighted by Crippen LogP contribution is 2.26. The van der Waals surface area contributed by atoms with Crippen molar-refractivity contribution in [1.82, 2.24) is 19.6 Å². The van der Waals surface area contributed by atoms with Crippen LogP contribution in [0.4, 0.5) is 0 Å². The fourth-order valence-corrected chi connectivity index (χ4v) is 1.71. The van der Waals surface area contributed by atoms with Crippen molar-refractivity contribution in [3.63, 3.8) is 0 Å². The van der Waals surface area contributed by atoms with E-state index in [0.717, 1.165) is 16.9 Å². The van der Waals surface area contributed by atoms with Crippen LogP contribution >= 0.6 is 0 Å². The van der Waals surface area contributed by atoms with Crippen LogP contribution in [0.15, 0.2) is 42.9 Å². The van der Waals surface area contributed by atoms with Crippen LogP contribution in [0.25, 0.3) is 16.9 Å². The van der Waals surface area contributed by atoms with Crippen LogP contribution in [0.1, 0.15) is 0 Å². The van der Waals surface area contributed by atoms with Gasteiger partial charge in [0.2, 0.25) is 5.88 Å². The maximum atomic E-state index is 5.21. The van der Waals surface area contributed by atoms with Gasteiger partial charge >= 0.3 is 0 Å². The van der Waals surface area contributed by atoms with Gasteiger partial charge in [0.15, 0.2) is 5.65 Å². The van der Waals surface area contributed by atoms with Gasteiger partial charge in [-0.2, -0.15) is 5.10 Å². The summed E-state index contributed by atoms with van der Waals surface area (Å²) >= 11 is 0. The van der Waals surface area contributed by atoms with Crippen LogP contribution in [-0.4, -0.2) is 26.7 Å². The van der Waals surface area contributed by atoms with Crippen molar-refractivity contribution in [2.24, 2.45) is 0 Å². The second kappa shape index (κ2) is 3.86. The topological polar surface area (TPSA) is 52.3 Å². The Morgan fingerprint density at radius 2 is 2.06 bits per heavy atom. The number of aromatic nitrogens is 4. The monoisotopic (exact) mass is 226 g/mol. The van der Waals surface area contributed by atoms with Gasteiger partial charge in [-0.05, 0) is 18.2 Å². The van der Waals surface area contributed by atoms with Gasteiger partial charge in [-0.25, -0.2) is 14.5 Å². The summed E-state index contributed by atoms with van der Waals surface area (Å²) in [6.07, 6.45) is 5.28. The zero-order valence-electron chi connectivity index (χ0n) is 9.24. The molecule has 0 atom stereocenters. The molecule has 0 fully saturated rings. The molecule has 3 rings (SSSR count). The number of fused-ring (bicyclic) bond motifs is 1. The molecule has 0 spiro atoms. The first-order valence-corrected chi connectivity index (χ1v) is 5.18. The Kier molecular flexibility index (Phi) is 2.22. The van der Waals surface area contributed by atoms with E-state index < -0.39 is 0 Å². The zero-order chi connectivity index (χ0) is 11.7. The van der Waals surface area contributed by atoms with E-state index in [2.05, 4.69) is 15.1 Å². The average Bonchev–Trinajstić information content (AvgIpc) is 2.82. The molecule has 0 saturated carbocycles. The molecule has 0 N–H and O–H groups in total. The number of rotatable bonds is 2. The number of methoxy groups -OCH3 is 1. The Morgan fingerprint density at radius 3 is 2.88 bits per heavy atom. The molecule has 84 valence electrons. The van der Waals surface area contributed by atoms with Crippen molar-refractivity contribution in [1.29, 1.82) is 0 Å². The number of hydrogen-bond acceptors (Lipinski definition) is 4. The standard InChI is InChI=1S/C12H10N4O/c1-17-12-9(4-2-5-14-12)10-8-11-13-6-3-7-16(11)15-10/h2-8H,1H3. The van der Waals surface area contributed by atoms with Crippen LogP contribution in [0.3, 0.4) is 0 Å².